The Balaban J connectivity index is 1.60. The van der Waals surface area contributed by atoms with Gasteiger partial charge in [0.25, 0.3) is 0 Å². The minimum absolute atomic E-state index is 0.0388. The zero-order chi connectivity index (χ0) is 14.8. The number of amides is 1. The second-order valence-corrected chi connectivity index (χ2v) is 6.37. The van der Waals surface area contributed by atoms with Crippen LogP contribution >= 0.6 is 11.6 Å². The van der Waals surface area contributed by atoms with Crippen LogP contribution in [0.4, 0.5) is 5.69 Å². The van der Waals surface area contributed by atoms with Gasteiger partial charge in [0.1, 0.15) is 0 Å². The van der Waals surface area contributed by atoms with Gasteiger partial charge in [-0.15, -0.1) is 0 Å². The van der Waals surface area contributed by atoms with E-state index in [0.717, 1.165) is 56.2 Å². The van der Waals surface area contributed by atoms with Crippen molar-refractivity contribution < 1.29 is 4.79 Å². The molecule has 0 bridgehead atoms. The topological polar surface area (TPSA) is 49.6 Å². The summed E-state index contributed by atoms with van der Waals surface area (Å²) in [5, 5.41) is 0.773. The number of benzene rings is 1. The van der Waals surface area contributed by atoms with Crippen LogP contribution in [0.3, 0.4) is 0 Å². The monoisotopic (exact) mass is 307 g/mol. The number of para-hydroxylation sites is 1. The summed E-state index contributed by atoms with van der Waals surface area (Å²) in [5.74, 6) is 0.288. The fourth-order valence-electron chi connectivity index (χ4n) is 3.41. The molecule has 0 unspecified atom stereocenters. The van der Waals surface area contributed by atoms with E-state index < -0.39 is 0 Å². The van der Waals surface area contributed by atoms with Crippen molar-refractivity contribution in [2.75, 3.05) is 31.1 Å². The molecule has 114 valence electrons. The Morgan fingerprint density at radius 2 is 1.86 bits per heavy atom. The summed E-state index contributed by atoms with van der Waals surface area (Å²) in [4.78, 5) is 16.7. The molecule has 1 saturated heterocycles. The van der Waals surface area contributed by atoms with Crippen LogP contribution in [0, 0.1) is 5.92 Å². The second-order valence-electron chi connectivity index (χ2n) is 5.96. The molecule has 1 aliphatic carbocycles. The van der Waals surface area contributed by atoms with Crippen LogP contribution in [0.25, 0.3) is 0 Å². The van der Waals surface area contributed by atoms with Crippen LogP contribution in [0.15, 0.2) is 24.3 Å². The van der Waals surface area contributed by atoms with E-state index in [1.165, 1.54) is 0 Å². The lowest BCUT2D eigenvalue weighted by Crippen LogP contribution is -2.52. The van der Waals surface area contributed by atoms with E-state index in [9.17, 15) is 4.79 Å². The molecule has 21 heavy (non-hydrogen) atoms. The van der Waals surface area contributed by atoms with Crippen molar-refractivity contribution in [1.82, 2.24) is 4.90 Å². The number of hydrogen-bond donors (Lipinski definition) is 1. The van der Waals surface area contributed by atoms with Gasteiger partial charge in [-0.1, -0.05) is 30.2 Å². The lowest BCUT2D eigenvalue weighted by Gasteiger charge is -2.38. The summed E-state index contributed by atoms with van der Waals surface area (Å²) in [5.41, 5.74) is 7.11. The predicted octanol–water partition coefficient (Wildman–Crippen LogP) is 2.12. The molecular formula is C16H22ClN3O. The van der Waals surface area contributed by atoms with E-state index in [1.807, 2.05) is 29.2 Å². The van der Waals surface area contributed by atoms with Crippen molar-refractivity contribution in [2.45, 2.75) is 25.3 Å². The molecule has 1 aliphatic heterocycles. The Kier molecular flexibility index (Phi) is 4.36. The van der Waals surface area contributed by atoms with Gasteiger partial charge >= 0.3 is 0 Å². The number of carbonyl (C=O) groups is 1. The standard InChI is InChI=1S/C16H22ClN3O/c17-13-5-1-2-7-15(13)19-8-10-20(11-9-19)16(21)12-4-3-6-14(12)18/h1-2,5,7,12,14H,3-4,6,8-11,18H2/t12-,14+/m1/s1. The first-order valence-electron chi connectivity index (χ1n) is 7.70. The van der Waals surface area contributed by atoms with E-state index in [-0.39, 0.29) is 17.9 Å². The van der Waals surface area contributed by atoms with E-state index in [4.69, 9.17) is 17.3 Å². The Morgan fingerprint density at radius 3 is 2.48 bits per heavy atom. The maximum atomic E-state index is 12.5. The third-order valence-electron chi connectivity index (χ3n) is 4.67. The third kappa shape index (κ3) is 3.01. The molecule has 1 aromatic carbocycles. The third-order valence-corrected chi connectivity index (χ3v) is 4.99. The van der Waals surface area contributed by atoms with Crippen LogP contribution in [0.1, 0.15) is 19.3 Å². The molecule has 2 atom stereocenters. The number of piperazine rings is 1. The largest absolute Gasteiger partial charge is 0.367 e. The van der Waals surface area contributed by atoms with Crippen LogP contribution in [0.2, 0.25) is 5.02 Å². The van der Waals surface area contributed by atoms with Crippen molar-refractivity contribution in [2.24, 2.45) is 11.7 Å². The molecule has 0 aromatic heterocycles. The highest BCUT2D eigenvalue weighted by Gasteiger charge is 2.34. The van der Waals surface area contributed by atoms with Crippen LogP contribution < -0.4 is 10.6 Å². The van der Waals surface area contributed by atoms with Gasteiger partial charge in [-0.05, 0) is 25.0 Å². The fourth-order valence-corrected chi connectivity index (χ4v) is 3.66. The Labute approximate surface area is 130 Å². The van der Waals surface area contributed by atoms with Crippen molar-refractivity contribution in [3.05, 3.63) is 29.3 Å². The fraction of sp³-hybridized carbons (Fsp3) is 0.562. The van der Waals surface area contributed by atoms with Gasteiger partial charge < -0.3 is 15.5 Å². The molecule has 5 heteroatoms. The number of carbonyl (C=O) groups excluding carboxylic acids is 1. The van der Waals surface area contributed by atoms with Gasteiger partial charge in [-0.3, -0.25) is 4.79 Å². The summed E-state index contributed by atoms with van der Waals surface area (Å²) in [6.07, 6.45) is 3.01. The highest BCUT2D eigenvalue weighted by atomic mass is 35.5. The number of nitrogens with zero attached hydrogens (tertiary/aromatic N) is 2. The minimum atomic E-state index is 0.0388. The second kappa shape index (κ2) is 6.24. The predicted molar refractivity (Wildman–Crippen MR) is 85.6 cm³/mol. The van der Waals surface area contributed by atoms with Crippen molar-refractivity contribution in [1.29, 1.82) is 0 Å². The molecule has 1 saturated carbocycles. The van der Waals surface area contributed by atoms with Crippen molar-refractivity contribution in [3.8, 4) is 0 Å². The summed E-state index contributed by atoms with van der Waals surface area (Å²) in [6.45, 7) is 3.18. The maximum absolute atomic E-state index is 12.5. The highest BCUT2D eigenvalue weighted by Crippen LogP contribution is 2.28. The van der Waals surface area contributed by atoms with Gasteiger partial charge in [0.15, 0.2) is 0 Å². The SMILES string of the molecule is N[C@H]1CCC[C@H]1C(=O)N1CCN(c2ccccc2Cl)CC1. The first-order chi connectivity index (χ1) is 10.2. The summed E-state index contributed by atoms with van der Waals surface area (Å²) in [6, 6.07) is 7.93. The van der Waals surface area contributed by atoms with E-state index in [0.29, 0.717) is 0 Å². The average molecular weight is 308 g/mol. The normalized spacial score (nSPS) is 26.2. The van der Waals surface area contributed by atoms with Crippen LogP contribution in [-0.2, 0) is 4.79 Å². The lowest BCUT2D eigenvalue weighted by molar-refractivity contribution is -0.136. The molecule has 2 aliphatic rings. The molecule has 1 aromatic rings. The zero-order valence-electron chi connectivity index (χ0n) is 12.2. The molecule has 2 N–H and O–H groups in total. The molecule has 1 heterocycles. The average Bonchev–Trinajstić information content (AvgIpc) is 2.93. The molecule has 0 radical (unpaired) electrons. The summed E-state index contributed by atoms with van der Waals surface area (Å²) >= 11 is 6.24. The zero-order valence-corrected chi connectivity index (χ0v) is 12.9. The summed E-state index contributed by atoms with van der Waals surface area (Å²) in [7, 11) is 0. The van der Waals surface area contributed by atoms with Crippen molar-refractivity contribution in [3.63, 3.8) is 0 Å². The Bertz CT molecular complexity index is 514. The van der Waals surface area contributed by atoms with Gasteiger partial charge in [-0.2, -0.15) is 0 Å². The number of nitrogens with two attached hydrogens (primary N) is 1. The molecule has 4 nitrogen and oxygen atoms in total. The van der Waals surface area contributed by atoms with Gasteiger partial charge in [0.05, 0.1) is 16.6 Å². The van der Waals surface area contributed by atoms with E-state index >= 15 is 0 Å². The van der Waals surface area contributed by atoms with Gasteiger partial charge in [0, 0.05) is 32.2 Å². The first kappa shape index (κ1) is 14.7. The number of rotatable bonds is 2. The molecule has 2 fully saturated rings. The van der Waals surface area contributed by atoms with Crippen molar-refractivity contribution >= 4 is 23.2 Å². The Morgan fingerprint density at radius 1 is 1.14 bits per heavy atom. The van der Waals surface area contributed by atoms with E-state index in [2.05, 4.69) is 4.90 Å². The quantitative estimate of drug-likeness (QED) is 0.910. The molecule has 3 rings (SSSR count). The molecule has 1 amide bonds. The van der Waals surface area contributed by atoms with Crippen LogP contribution in [0.5, 0.6) is 0 Å². The number of anilines is 1. The summed E-state index contributed by atoms with van der Waals surface area (Å²) < 4.78 is 0. The maximum Gasteiger partial charge on any atom is 0.227 e. The van der Waals surface area contributed by atoms with Crippen LogP contribution in [-0.4, -0.2) is 43.0 Å². The first-order valence-corrected chi connectivity index (χ1v) is 8.08. The molecular weight excluding hydrogens is 286 g/mol. The van der Waals surface area contributed by atoms with Gasteiger partial charge in [-0.25, -0.2) is 0 Å². The number of hydrogen-bond acceptors (Lipinski definition) is 3. The van der Waals surface area contributed by atoms with Gasteiger partial charge in [0.2, 0.25) is 5.91 Å². The smallest absolute Gasteiger partial charge is 0.227 e. The van der Waals surface area contributed by atoms with E-state index in [1.54, 1.807) is 0 Å². The highest BCUT2D eigenvalue weighted by molar-refractivity contribution is 6.33. The number of halogens is 1. The Hall–Kier alpha value is -1.26. The molecule has 0 spiro atoms. The lowest BCUT2D eigenvalue weighted by atomic mass is 10.0. The minimum Gasteiger partial charge on any atom is -0.367 e.